The number of halogens is 1. The zero-order chi connectivity index (χ0) is 18.4. The molecule has 0 unspecified atom stereocenters. The molecule has 1 heterocycles. The second kappa shape index (κ2) is 10.1. The second-order valence-electron chi connectivity index (χ2n) is 5.54. The number of hydrogen-bond donors (Lipinski definition) is 2. The van der Waals surface area contributed by atoms with Crippen molar-refractivity contribution in [3.63, 3.8) is 0 Å². The van der Waals surface area contributed by atoms with Gasteiger partial charge in [0.2, 0.25) is 6.79 Å². The maximum Gasteiger partial charge on any atom is 0.231 e. The minimum Gasteiger partial charge on any atom is -0.493 e. The summed E-state index contributed by atoms with van der Waals surface area (Å²) in [7, 11) is 3.34. The van der Waals surface area contributed by atoms with Crippen molar-refractivity contribution in [3.8, 4) is 23.0 Å². The van der Waals surface area contributed by atoms with Gasteiger partial charge in [-0.2, -0.15) is 0 Å². The molecule has 1 aliphatic heterocycles. The van der Waals surface area contributed by atoms with Gasteiger partial charge in [0.15, 0.2) is 29.0 Å². The van der Waals surface area contributed by atoms with Crippen LogP contribution < -0.4 is 29.6 Å². The Hall–Kier alpha value is -2.36. The highest BCUT2D eigenvalue weighted by molar-refractivity contribution is 14.0. The average molecular weight is 485 g/mol. The average Bonchev–Trinajstić information content (AvgIpc) is 3.14. The SMILES string of the molecule is CCOc1ccc(NC(=NC)NCc2ccc3c(c2)OCO3)cc1OC.I. The van der Waals surface area contributed by atoms with Crippen LogP contribution in [0.1, 0.15) is 12.5 Å². The molecule has 8 heteroatoms. The van der Waals surface area contributed by atoms with E-state index in [1.807, 2.05) is 43.3 Å². The number of rotatable bonds is 6. The first kappa shape index (κ1) is 20.9. The van der Waals surface area contributed by atoms with Crippen LogP contribution >= 0.6 is 24.0 Å². The summed E-state index contributed by atoms with van der Waals surface area (Å²) >= 11 is 0. The number of guanidine groups is 1. The van der Waals surface area contributed by atoms with Crippen molar-refractivity contribution in [2.45, 2.75) is 13.5 Å². The molecule has 0 amide bonds. The fourth-order valence-electron chi connectivity index (χ4n) is 2.57. The molecular formula is C19H24IN3O4. The van der Waals surface area contributed by atoms with Gasteiger partial charge in [-0.1, -0.05) is 6.07 Å². The van der Waals surface area contributed by atoms with Crippen molar-refractivity contribution in [2.24, 2.45) is 4.99 Å². The lowest BCUT2D eigenvalue weighted by Crippen LogP contribution is -2.30. The van der Waals surface area contributed by atoms with Crippen LogP contribution in [0.15, 0.2) is 41.4 Å². The lowest BCUT2D eigenvalue weighted by atomic mass is 10.2. The molecule has 2 aromatic rings. The molecule has 0 aromatic heterocycles. The first-order valence-corrected chi connectivity index (χ1v) is 8.40. The van der Waals surface area contributed by atoms with E-state index in [2.05, 4.69) is 15.6 Å². The molecule has 3 rings (SSSR count). The van der Waals surface area contributed by atoms with Crippen molar-refractivity contribution in [1.29, 1.82) is 0 Å². The predicted molar refractivity (Wildman–Crippen MR) is 116 cm³/mol. The Morgan fingerprint density at radius 2 is 1.93 bits per heavy atom. The molecule has 2 aromatic carbocycles. The van der Waals surface area contributed by atoms with Gasteiger partial charge in [-0.3, -0.25) is 4.99 Å². The molecule has 146 valence electrons. The molecule has 0 saturated carbocycles. The number of aliphatic imine (C=N–C) groups is 1. The lowest BCUT2D eigenvalue weighted by molar-refractivity contribution is 0.174. The van der Waals surface area contributed by atoms with Gasteiger partial charge < -0.3 is 29.6 Å². The van der Waals surface area contributed by atoms with Gasteiger partial charge in [0.1, 0.15) is 0 Å². The maximum absolute atomic E-state index is 5.54. The van der Waals surface area contributed by atoms with Crippen LogP contribution in [0.4, 0.5) is 5.69 Å². The van der Waals surface area contributed by atoms with E-state index in [0.29, 0.717) is 30.6 Å². The lowest BCUT2D eigenvalue weighted by Gasteiger charge is -2.14. The van der Waals surface area contributed by atoms with Crippen LogP contribution in [-0.4, -0.2) is 33.5 Å². The Labute approximate surface area is 176 Å². The Morgan fingerprint density at radius 3 is 2.67 bits per heavy atom. The minimum absolute atomic E-state index is 0. The third-order valence-electron chi connectivity index (χ3n) is 3.85. The molecule has 0 spiro atoms. The normalized spacial score (nSPS) is 12.2. The van der Waals surface area contributed by atoms with Gasteiger partial charge >= 0.3 is 0 Å². The summed E-state index contributed by atoms with van der Waals surface area (Å²) in [5, 5.41) is 6.52. The summed E-state index contributed by atoms with van der Waals surface area (Å²) < 4.78 is 21.6. The number of anilines is 1. The molecule has 2 N–H and O–H groups in total. The highest BCUT2D eigenvalue weighted by Crippen LogP contribution is 2.32. The fourth-order valence-corrected chi connectivity index (χ4v) is 2.57. The topological polar surface area (TPSA) is 73.3 Å². The Kier molecular flexibility index (Phi) is 7.83. The van der Waals surface area contributed by atoms with Crippen LogP contribution in [0, 0.1) is 0 Å². The molecule has 0 fully saturated rings. The number of hydrogen-bond acceptors (Lipinski definition) is 5. The highest BCUT2D eigenvalue weighted by Gasteiger charge is 2.13. The fraction of sp³-hybridized carbons (Fsp3) is 0.316. The summed E-state index contributed by atoms with van der Waals surface area (Å²) in [6.45, 7) is 3.40. The summed E-state index contributed by atoms with van der Waals surface area (Å²) in [6.07, 6.45) is 0. The van der Waals surface area contributed by atoms with E-state index in [-0.39, 0.29) is 30.8 Å². The number of methoxy groups -OCH3 is 1. The van der Waals surface area contributed by atoms with E-state index in [1.54, 1.807) is 14.2 Å². The third-order valence-corrected chi connectivity index (χ3v) is 3.85. The molecular weight excluding hydrogens is 461 g/mol. The van der Waals surface area contributed by atoms with E-state index in [4.69, 9.17) is 18.9 Å². The number of nitrogens with one attached hydrogen (secondary N) is 2. The Balaban J connectivity index is 0.00000261. The first-order valence-electron chi connectivity index (χ1n) is 8.40. The largest absolute Gasteiger partial charge is 0.493 e. The number of nitrogens with zero attached hydrogens (tertiary/aromatic N) is 1. The number of fused-ring (bicyclic) bond motifs is 1. The van der Waals surface area contributed by atoms with E-state index in [9.17, 15) is 0 Å². The van der Waals surface area contributed by atoms with Gasteiger partial charge in [-0.25, -0.2) is 0 Å². The molecule has 0 bridgehead atoms. The van der Waals surface area contributed by atoms with Crippen LogP contribution in [0.3, 0.4) is 0 Å². The molecule has 0 saturated heterocycles. The zero-order valence-corrected chi connectivity index (χ0v) is 17.9. The van der Waals surface area contributed by atoms with E-state index >= 15 is 0 Å². The quantitative estimate of drug-likeness (QED) is 0.370. The van der Waals surface area contributed by atoms with E-state index in [0.717, 1.165) is 22.7 Å². The summed E-state index contributed by atoms with van der Waals surface area (Å²) in [6, 6.07) is 11.5. The minimum atomic E-state index is 0. The van der Waals surface area contributed by atoms with Crippen molar-refractivity contribution in [3.05, 3.63) is 42.0 Å². The monoisotopic (exact) mass is 485 g/mol. The zero-order valence-electron chi connectivity index (χ0n) is 15.6. The van der Waals surface area contributed by atoms with Crippen LogP contribution in [-0.2, 0) is 6.54 Å². The van der Waals surface area contributed by atoms with E-state index < -0.39 is 0 Å². The Bertz CT molecular complexity index is 799. The van der Waals surface area contributed by atoms with Gasteiger partial charge in [-0.05, 0) is 36.8 Å². The Morgan fingerprint density at radius 1 is 1.11 bits per heavy atom. The smallest absolute Gasteiger partial charge is 0.231 e. The van der Waals surface area contributed by atoms with Crippen molar-refractivity contribution in [2.75, 3.05) is 32.9 Å². The summed E-state index contributed by atoms with van der Waals surface area (Å²) in [4.78, 5) is 4.25. The maximum atomic E-state index is 5.54. The van der Waals surface area contributed by atoms with Gasteiger partial charge in [0.25, 0.3) is 0 Å². The molecule has 1 aliphatic rings. The van der Waals surface area contributed by atoms with Crippen LogP contribution in [0.25, 0.3) is 0 Å². The van der Waals surface area contributed by atoms with Crippen molar-refractivity contribution < 1.29 is 18.9 Å². The standard InChI is InChI=1S/C19H23N3O4.HI/c1-4-24-15-8-6-14(10-17(15)23-3)22-19(20-2)21-11-13-5-7-16-18(9-13)26-12-25-16;/h5-10H,4,11-12H2,1-3H3,(H2,20,21,22);1H. The molecule has 7 nitrogen and oxygen atoms in total. The molecule has 0 atom stereocenters. The van der Waals surface area contributed by atoms with Crippen molar-refractivity contribution in [1.82, 2.24) is 5.32 Å². The number of benzene rings is 2. The molecule has 0 radical (unpaired) electrons. The predicted octanol–water partition coefficient (Wildman–Crippen LogP) is 3.63. The molecule has 27 heavy (non-hydrogen) atoms. The molecule has 0 aliphatic carbocycles. The number of ether oxygens (including phenoxy) is 4. The first-order chi connectivity index (χ1) is 12.7. The van der Waals surface area contributed by atoms with Crippen molar-refractivity contribution >= 4 is 35.6 Å². The van der Waals surface area contributed by atoms with Crippen LogP contribution in [0.5, 0.6) is 23.0 Å². The van der Waals surface area contributed by atoms with E-state index in [1.165, 1.54) is 0 Å². The van der Waals surface area contributed by atoms with Gasteiger partial charge in [0.05, 0.1) is 13.7 Å². The summed E-state index contributed by atoms with van der Waals surface area (Å²) in [5.74, 6) is 3.57. The van der Waals surface area contributed by atoms with Gasteiger partial charge in [-0.15, -0.1) is 24.0 Å². The van der Waals surface area contributed by atoms with Gasteiger partial charge in [0, 0.05) is 25.3 Å². The second-order valence-corrected chi connectivity index (χ2v) is 5.54. The summed E-state index contributed by atoms with van der Waals surface area (Å²) in [5.41, 5.74) is 1.92. The van der Waals surface area contributed by atoms with Crippen LogP contribution in [0.2, 0.25) is 0 Å². The third kappa shape index (κ3) is 5.31. The highest BCUT2D eigenvalue weighted by atomic mass is 127.